The molecule has 14 heteroatoms. The SMILES string of the molecule is CCN(CC)CCS(=O)(=O)[C@@H]1CCN2C(=O)c3coc(n3)CC(O)C[C@H](O)C[C@H](C)CCCNC(=O)CC[C@@H](C)[C@@H](C(C)C)OC(=O)[C@@H]12. The highest BCUT2D eigenvalue weighted by atomic mass is 32.2. The number of amides is 2. The zero-order valence-electron chi connectivity index (χ0n) is 29.6. The third-order valence-electron chi connectivity index (χ3n) is 9.79. The number of cyclic esters (lactones) is 1. The van der Waals surface area contributed by atoms with Gasteiger partial charge in [-0.25, -0.2) is 18.2 Å². The van der Waals surface area contributed by atoms with Gasteiger partial charge < -0.3 is 34.5 Å². The average molecular weight is 699 g/mol. The lowest BCUT2D eigenvalue weighted by atomic mass is 9.90. The summed E-state index contributed by atoms with van der Waals surface area (Å²) in [7, 11) is -3.84. The molecule has 274 valence electrons. The number of nitrogens with zero attached hydrogens (tertiary/aromatic N) is 3. The molecule has 1 fully saturated rings. The van der Waals surface area contributed by atoms with E-state index in [2.05, 4.69) is 10.3 Å². The van der Waals surface area contributed by atoms with Crippen molar-refractivity contribution in [1.29, 1.82) is 0 Å². The van der Waals surface area contributed by atoms with E-state index in [0.29, 0.717) is 39.0 Å². The first-order valence-corrected chi connectivity index (χ1v) is 19.4. The smallest absolute Gasteiger partial charge is 0.330 e. The van der Waals surface area contributed by atoms with Crippen molar-refractivity contribution in [3.05, 3.63) is 17.8 Å². The topological polar surface area (TPSA) is 180 Å². The molecular formula is C34H58N4O9S. The van der Waals surface area contributed by atoms with Crippen molar-refractivity contribution >= 4 is 27.6 Å². The molecule has 0 radical (unpaired) electrons. The van der Waals surface area contributed by atoms with E-state index < -0.39 is 51.3 Å². The molecule has 3 N–H and O–H groups in total. The fraction of sp³-hybridized carbons (Fsp3) is 0.824. The summed E-state index contributed by atoms with van der Waals surface area (Å²) < 4.78 is 39.1. The van der Waals surface area contributed by atoms with Crippen molar-refractivity contribution in [3.63, 3.8) is 0 Å². The summed E-state index contributed by atoms with van der Waals surface area (Å²) >= 11 is 0. The lowest BCUT2D eigenvalue weighted by molar-refractivity contribution is -0.159. The van der Waals surface area contributed by atoms with E-state index in [4.69, 9.17) is 9.15 Å². The zero-order valence-corrected chi connectivity index (χ0v) is 30.4. The number of aliphatic hydroxyl groups is 2. The highest BCUT2D eigenvalue weighted by molar-refractivity contribution is 7.92. The third kappa shape index (κ3) is 11.2. The molecule has 0 spiro atoms. The number of esters is 1. The van der Waals surface area contributed by atoms with Gasteiger partial charge in [-0.2, -0.15) is 0 Å². The predicted molar refractivity (Wildman–Crippen MR) is 181 cm³/mol. The Balaban J connectivity index is 1.93. The summed E-state index contributed by atoms with van der Waals surface area (Å²) in [6.07, 6.45) is 1.64. The van der Waals surface area contributed by atoms with E-state index >= 15 is 0 Å². The maximum atomic E-state index is 14.0. The van der Waals surface area contributed by atoms with Crippen molar-refractivity contribution in [2.45, 2.75) is 123 Å². The minimum atomic E-state index is -3.84. The number of rotatable bonds is 7. The summed E-state index contributed by atoms with van der Waals surface area (Å²) in [6.45, 7) is 13.8. The number of carbonyl (C=O) groups is 3. The first-order chi connectivity index (χ1) is 22.7. The van der Waals surface area contributed by atoms with Crippen LogP contribution in [0.15, 0.2) is 10.7 Å². The van der Waals surface area contributed by atoms with E-state index in [0.717, 1.165) is 19.1 Å². The molecule has 3 rings (SSSR count). The molecular weight excluding hydrogens is 640 g/mol. The summed E-state index contributed by atoms with van der Waals surface area (Å²) in [4.78, 5) is 48.0. The summed E-state index contributed by atoms with van der Waals surface area (Å²) in [6, 6.07) is -1.39. The van der Waals surface area contributed by atoms with Gasteiger partial charge in [0, 0.05) is 26.1 Å². The van der Waals surface area contributed by atoms with Gasteiger partial charge in [-0.05, 0) is 69.4 Å². The predicted octanol–water partition coefficient (Wildman–Crippen LogP) is 2.59. The Morgan fingerprint density at radius 3 is 2.44 bits per heavy atom. The number of oxazole rings is 1. The maximum absolute atomic E-state index is 14.0. The first kappa shape index (κ1) is 39.9. The number of nitrogens with one attached hydrogen (secondary N) is 1. The van der Waals surface area contributed by atoms with Gasteiger partial charge in [0.15, 0.2) is 21.4 Å². The zero-order chi connectivity index (χ0) is 35.6. The van der Waals surface area contributed by atoms with Crippen molar-refractivity contribution < 1.29 is 42.2 Å². The van der Waals surface area contributed by atoms with Crippen LogP contribution in [0.1, 0.15) is 103 Å². The molecule has 0 saturated carbocycles. The highest BCUT2D eigenvalue weighted by Gasteiger charge is 2.50. The van der Waals surface area contributed by atoms with E-state index in [9.17, 15) is 33.0 Å². The van der Waals surface area contributed by atoms with Gasteiger partial charge >= 0.3 is 5.97 Å². The van der Waals surface area contributed by atoms with Crippen LogP contribution >= 0.6 is 0 Å². The number of aromatic nitrogens is 1. The molecule has 2 aliphatic heterocycles. The summed E-state index contributed by atoms with van der Waals surface area (Å²) in [5, 5.41) is 23.0. The van der Waals surface area contributed by atoms with Crippen LogP contribution in [0.3, 0.4) is 0 Å². The molecule has 48 heavy (non-hydrogen) atoms. The number of carbonyl (C=O) groups excluding carboxylic acids is 3. The fourth-order valence-corrected chi connectivity index (χ4v) is 8.86. The van der Waals surface area contributed by atoms with Crippen LogP contribution in [0.25, 0.3) is 0 Å². The van der Waals surface area contributed by atoms with Gasteiger partial charge in [-0.1, -0.05) is 41.5 Å². The minimum Gasteiger partial charge on any atom is -0.460 e. The van der Waals surface area contributed by atoms with E-state index in [-0.39, 0.29) is 73.2 Å². The van der Waals surface area contributed by atoms with E-state index in [1.165, 1.54) is 4.90 Å². The van der Waals surface area contributed by atoms with E-state index in [1.807, 2.05) is 46.4 Å². The molecule has 13 nitrogen and oxygen atoms in total. The largest absolute Gasteiger partial charge is 0.460 e. The maximum Gasteiger partial charge on any atom is 0.330 e. The number of hydrogen-bond acceptors (Lipinski definition) is 11. The number of sulfone groups is 1. The molecule has 2 amide bonds. The second-order valence-electron chi connectivity index (χ2n) is 14.0. The van der Waals surface area contributed by atoms with Crippen LogP contribution in [-0.4, -0.2) is 119 Å². The van der Waals surface area contributed by atoms with Crippen LogP contribution in [0, 0.1) is 17.8 Å². The second-order valence-corrected chi connectivity index (χ2v) is 16.4. The second kappa shape index (κ2) is 18.4. The van der Waals surface area contributed by atoms with Gasteiger partial charge in [-0.3, -0.25) is 9.59 Å². The van der Waals surface area contributed by atoms with Crippen LogP contribution in [0.5, 0.6) is 0 Å². The molecule has 3 heterocycles. The average Bonchev–Trinajstić information content (AvgIpc) is 3.68. The molecule has 0 aliphatic carbocycles. The van der Waals surface area contributed by atoms with Crippen molar-refractivity contribution in [2.24, 2.45) is 17.8 Å². The van der Waals surface area contributed by atoms with Gasteiger partial charge in [0.25, 0.3) is 5.91 Å². The Kier molecular flexibility index (Phi) is 15.3. The fourth-order valence-electron chi connectivity index (χ4n) is 6.92. The first-order valence-electron chi connectivity index (χ1n) is 17.7. The van der Waals surface area contributed by atoms with Crippen molar-refractivity contribution in [1.82, 2.24) is 20.1 Å². The van der Waals surface area contributed by atoms with Gasteiger partial charge in [-0.15, -0.1) is 0 Å². The van der Waals surface area contributed by atoms with Crippen LogP contribution in [0.2, 0.25) is 0 Å². The number of hydrogen-bond donors (Lipinski definition) is 3. The quantitative estimate of drug-likeness (QED) is 0.357. The Hall–Kier alpha value is -2.55. The number of ether oxygens (including phenoxy) is 1. The standard InChI is InChI=1S/C34H58N4O9S/c1-7-37(8-2)16-17-48(44,45)28-13-15-38-31(28)34(43)47-32(22(3)4)24(6)11-12-29(41)35-14-9-10-23(5)18-25(39)19-26(40)20-30-36-27(21-46-30)33(38)42/h21-26,28,31-32,39-40H,7-20H2,1-6H3,(H,35,41)/t23-,24-,25-,26?,28-,31-,32-/m1/s1. The summed E-state index contributed by atoms with van der Waals surface area (Å²) in [5.41, 5.74) is -0.108. The van der Waals surface area contributed by atoms with Crippen molar-refractivity contribution in [2.75, 3.05) is 38.5 Å². The van der Waals surface area contributed by atoms with Gasteiger partial charge in [0.05, 0.1) is 29.6 Å². The molecule has 7 atom stereocenters. The third-order valence-corrected chi connectivity index (χ3v) is 12.0. The Morgan fingerprint density at radius 2 is 1.77 bits per heavy atom. The lowest BCUT2D eigenvalue weighted by Crippen LogP contribution is -2.50. The monoisotopic (exact) mass is 698 g/mol. The van der Waals surface area contributed by atoms with Crippen molar-refractivity contribution in [3.8, 4) is 0 Å². The summed E-state index contributed by atoms with van der Waals surface area (Å²) in [5.74, 6) is -1.81. The minimum absolute atomic E-state index is 0.00499. The Labute approximate surface area is 286 Å². The molecule has 1 saturated heterocycles. The molecule has 1 unspecified atom stereocenters. The normalized spacial score (nSPS) is 29.5. The van der Waals surface area contributed by atoms with Crippen LogP contribution in [-0.2, 0) is 30.6 Å². The Bertz CT molecular complexity index is 1300. The molecule has 2 aliphatic rings. The molecule has 1 aromatic heterocycles. The molecule has 2 bridgehead atoms. The lowest BCUT2D eigenvalue weighted by Gasteiger charge is -2.32. The molecule has 0 aromatic carbocycles. The highest BCUT2D eigenvalue weighted by Crippen LogP contribution is 2.31. The van der Waals surface area contributed by atoms with Gasteiger partial charge in [0.2, 0.25) is 5.91 Å². The molecule has 1 aromatic rings. The van der Waals surface area contributed by atoms with Crippen LogP contribution in [0.4, 0.5) is 0 Å². The number of aliphatic hydroxyl groups excluding tert-OH is 2. The van der Waals surface area contributed by atoms with Gasteiger partial charge in [0.1, 0.15) is 18.4 Å². The van der Waals surface area contributed by atoms with E-state index in [1.54, 1.807) is 0 Å². The number of fused-ring (bicyclic) bond motifs is 3. The van der Waals surface area contributed by atoms with Crippen LogP contribution < -0.4 is 5.32 Å². The Morgan fingerprint density at radius 1 is 1.06 bits per heavy atom.